The molecule has 0 atom stereocenters. The summed E-state index contributed by atoms with van der Waals surface area (Å²) in [5, 5.41) is 11.5. The molecule has 0 aliphatic heterocycles. The van der Waals surface area contributed by atoms with Gasteiger partial charge in [0.15, 0.2) is 4.90 Å². The molecule has 27 heavy (non-hydrogen) atoms. The minimum absolute atomic E-state index is 0.0202. The molecule has 0 fully saturated rings. The summed E-state index contributed by atoms with van der Waals surface area (Å²) in [5.74, 6) is -0.667. The topological polar surface area (TPSA) is 121 Å². The van der Waals surface area contributed by atoms with E-state index in [-0.39, 0.29) is 15.9 Å². The Kier molecular flexibility index (Phi) is 4.19. The van der Waals surface area contributed by atoms with E-state index in [9.17, 15) is 32.5 Å². The number of fused-ring (bicyclic) bond motifs is 1. The summed E-state index contributed by atoms with van der Waals surface area (Å²) in [5.41, 5.74) is -2.54. The summed E-state index contributed by atoms with van der Waals surface area (Å²) in [6.07, 6.45) is 0. The van der Waals surface area contributed by atoms with E-state index < -0.39 is 42.3 Å². The zero-order valence-electron chi connectivity index (χ0n) is 14.0. The molecule has 1 heterocycles. The van der Waals surface area contributed by atoms with Crippen molar-refractivity contribution in [1.29, 1.82) is 0 Å². The minimum Gasteiger partial charge on any atom is -0.305 e. The van der Waals surface area contributed by atoms with Gasteiger partial charge in [-0.15, -0.1) is 0 Å². The zero-order valence-corrected chi connectivity index (χ0v) is 14.9. The van der Waals surface area contributed by atoms with Gasteiger partial charge in [-0.1, -0.05) is 0 Å². The summed E-state index contributed by atoms with van der Waals surface area (Å²) >= 11 is 0. The standard InChI is InChI=1S/C16H12FN3O6S/c1-18-11-7-13(20(23)24)14(8-12(11)19(2)16(22)15(18)21)27(25,26)10-5-3-9(17)4-6-10/h3-8H,1-2H3. The third-order valence-corrected chi connectivity index (χ3v) is 5.98. The third-order valence-electron chi connectivity index (χ3n) is 4.18. The van der Waals surface area contributed by atoms with Crippen molar-refractivity contribution < 1.29 is 17.7 Å². The first-order chi connectivity index (χ1) is 12.6. The maximum atomic E-state index is 13.1. The first-order valence-corrected chi connectivity index (χ1v) is 8.93. The van der Waals surface area contributed by atoms with E-state index in [0.29, 0.717) is 0 Å². The van der Waals surface area contributed by atoms with Crippen molar-refractivity contribution in [2.75, 3.05) is 0 Å². The number of hydrogen-bond donors (Lipinski definition) is 0. The number of halogens is 1. The van der Waals surface area contributed by atoms with Gasteiger partial charge in [0, 0.05) is 20.2 Å². The Morgan fingerprint density at radius 2 is 1.44 bits per heavy atom. The summed E-state index contributed by atoms with van der Waals surface area (Å²) in [6.45, 7) is 0. The predicted molar refractivity (Wildman–Crippen MR) is 92.9 cm³/mol. The molecule has 0 amide bonds. The summed E-state index contributed by atoms with van der Waals surface area (Å²) < 4.78 is 40.7. The van der Waals surface area contributed by atoms with E-state index in [0.717, 1.165) is 45.5 Å². The number of aromatic nitrogens is 2. The molecule has 0 radical (unpaired) electrons. The van der Waals surface area contributed by atoms with E-state index in [1.807, 2.05) is 0 Å². The Morgan fingerprint density at radius 1 is 0.963 bits per heavy atom. The fraction of sp³-hybridized carbons (Fsp3) is 0.125. The number of nitro benzene ring substituents is 1. The van der Waals surface area contributed by atoms with Gasteiger partial charge in [0.25, 0.3) is 5.69 Å². The molecular formula is C16H12FN3O6S. The molecule has 0 aliphatic carbocycles. The number of nitrogens with zero attached hydrogens (tertiary/aromatic N) is 3. The van der Waals surface area contributed by atoms with Crippen LogP contribution in [0, 0.1) is 15.9 Å². The third kappa shape index (κ3) is 2.81. The molecule has 0 bridgehead atoms. The van der Waals surface area contributed by atoms with Crippen molar-refractivity contribution in [2.45, 2.75) is 9.79 Å². The number of nitro groups is 1. The molecule has 11 heteroatoms. The Balaban J connectivity index is 2.47. The van der Waals surface area contributed by atoms with Gasteiger partial charge in [0.2, 0.25) is 9.84 Å². The van der Waals surface area contributed by atoms with Crippen molar-refractivity contribution >= 4 is 26.6 Å². The fourth-order valence-electron chi connectivity index (χ4n) is 2.69. The Morgan fingerprint density at radius 3 is 1.93 bits per heavy atom. The van der Waals surface area contributed by atoms with E-state index in [2.05, 4.69) is 0 Å². The van der Waals surface area contributed by atoms with Crippen LogP contribution in [0.4, 0.5) is 10.1 Å². The van der Waals surface area contributed by atoms with Crippen molar-refractivity contribution in [3.05, 3.63) is 73.0 Å². The molecule has 3 aromatic rings. The predicted octanol–water partition coefficient (Wildman–Crippen LogP) is 1.12. The van der Waals surface area contributed by atoms with Crippen LogP contribution >= 0.6 is 0 Å². The molecule has 0 saturated carbocycles. The lowest BCUT2D eigenvalue weighted by Crippen LogP contribution is -2.39. The van der Waals surface area contributed by atoms with E-state index in [4.69, 9.17) is 0 Å². The monoisotopic (exact) mass is 393 g/mol. The smallest absolute Gasteiger partial charge is 0.305 e. The molecule has 2 aromatic carbocycles. The fourth-order valence-corrected chi connectivity index (χ4v) is 4.11. The summed E-state index contributed by atoms with van der Waals surface area (Å²) in [7, 11) is -1.88. The molecular weight excluding hydrogens is 381 g/mol. The average molecular weight is 393 g/mol. The minimum atomic E-state index is -4.39. The Bertz CT molecular complexity index is 1320. The Labute approximate surface area is 151 Å². The van der Waals surface area contributed by atoms with Gasteiger partial charge in [0.1, 0.15) is 5.82 Å². The second-order valence-corrected chi connectivity index (χ2v) is 7.67. The maximum Gasteiger partial charge on any atom is 0.316 e. The van der Waals surface area contributed by atoms with Gasteiger partial charge in [-0.3, -0.25) is 19.7 Å². The van der Waals surface area contributed by atoms with Crippen molar-refractivity contribution in [2.24, 2.45) is 14.1 Å². The lowest BCUT2D eigenvalue weighted by atomic mass is 10.2. The highest BCUT2D eigenvalue weighted by Gasteiger charge is 2.29. The van der Waals surface area contributed by atoms with Gasteiger partial charge in [-0.05, 0) is 30.3 Å². The van der Waals surface area contributed by atoms with Crippen LogP contribution in [0.1, 0.15) is 0 Å². The highest BCUT2D eigenvalue weighted by Crippen LogP contribution is 2.32. The van der Waals surface area contributed by atoms with Crippen molar-refractivity contribution in [3.63, 3.8) is 0 Å². The van der Waals surface area contributed by atoms with Gasteiger partial charge >= 0.3 is 11.1 Å². The van der Waals surface area contributed by atoms with Gasteiger partial charge in [0.05, 0.1) is 20.9 Å². The molecule has 0 N–H and O–H groups in total. The number of hydrogen-bond acceptors (Lipinski definition) is 6. The van der Waals surface area contributed by atoms with Crippen LogP contribution in [0.3, 0.4) is 0 Å². The van der Waals surface area contributed by atoms with Crippen LogP contribution < -0.4 is 11.1 Å². The highest BCUT2D eigenvalue weighted by atomic mass is 32.2. The Hall–Kier alpha value is -3.34. The lowest BCUT2D eigenvalue weighted by Gasteiger charge is -2.12. The number of benzene rings is 2. The van der Waals surface area contributed by atoms with Crippen LogP contribution in [0.15, 0.2) is 55.8 Å². The average Bonchev–Trinajstić information content (AvgIpc) is 2.63. The summed E-state index contributed by atoms with van der Waals surface area (Å²) in [4.78, 5) is 33.5. The van der Waals surface area contributed by atoms with E-state index in [1.54, 1.807) is 0 Å². The molecule has 0 saturated heterocycles. The van der Waals surface area contributed by atoms with E-state index >= 15 is 0 Å². The van der Waals surface area contributed by atoms with Crippen molar-refractivity contribution in [1.82, 2.24) is 9.13 Å². The highest BCUT2D eigenvalue weighted by molar-refractivity contribution is 7.91. The number of sulfone groups is 1. The molecule has 0 aliphatic rings. The first-order valence-electron chi connectivity index (χ1n) is 7.44. The lowest BCUT2D eigenvalue weighted by molar-refractivity contribution is -0.387. The zero-order chi connectivity index (χ0) is 20.1. The first kappa shape index (κ1) is 18.5. The SMILES string of the molecule is Cn1c(=O)c(=O)n(C)c2cc(S(=O)(=O)c3ccc(F)cc3)c([N+](=O)[O-])cc21. The van der Waals surface area contributed by atoms with Gasteiger partial charge in [-0.2, -0.15) is 0 Å². The number of aryl methyl sites for hydroxylation is 2. The van der Waals surface area contributed by atoms with Crippen LogP contribution in [0.2, 0.25) is 0 Å². The quantitative estimate of drug-likeness (QED) is 0.284. The molecule has 140 valence electrons. The van der Waals surface area contributed by atoms with Gasteiger partial charge < -0.3 is 9.13 Å². The second kappa shape index (κ2) is 6.13. The molecule has 0 spiro atoms. The molecule has 9 nitrogen and oxygen atoms in total. The second-order valence-electron chi connectivity index (χ2n) is 5.75. The van der Waals surface area contributed by atoms with Crippen molar-refractivity contribution in [3.8, 4) is 0 Å². The number of rotatable bonds is 3. The van der Waals surface area contributed by atoms with Crippen LogP contribution in [0.5, 0.6) is 0 Å². The largest absolute Gasteiger partial charge is 0.316 e. The van der Waals surface area contributed by atoms with Crippen LogP contribution in [-0.2, 0) is 23.9 Å². The van der Waals surface area contributed by atoms with Crippen LogP contribution in [-0.4, -0.2) is 22.5 Å². The normalized spacial score (nSPS) is 11.7. The van der Waals surface area contributed by atoms with Gasteiger partial charge in [-0.25, -0.2) is 12.8 Å². The molecule has 0 unspecified atom stereocenters. The molecule has 1 aromatic heterocycles. The summed E-state index contributed by atoms with van der Waals surface area (Å²) in [6, 6.07) is 5.69. The molecule has 3 rings (SSSR count). The van der Waals surface area contributed by atoms with E-state index in [1.165, 1.54) is 14.1 Å². The maximum absolute atomic E-state index is 13.1. The van der Waals surface area contributed by atoms with Crippen LogP contribution in [0.25, 0.3) is 11.0 Å².